The molecule has 0 spiro atoms. The van der Waals surface area contributed by atoms with E-state index in [4.69, 9.17) is 9.05 Å². The number of thioether (sulfide) groups is 1. The Bertz CT molecular complexity index is 244. The van der Waals surface area contributed by atoms with Crippen molar-refractivity contribution in [1.29, 1.82) is 0 Å². The molecule has 0 aliphatic rings. The molecule has 90 valence electrons. The molecule has 1 atom stereocenters. The molecule has 0 aromatic carbocycles. The van der Waals surface area contributed by atoms with Crippen molar-refractivity contribution in [1.82, 2.24) is 0 Å². The molecule has 0 fully saturated rings. The summed E-state index contributed by atoms with van der Waals surface area (Å²) >= 11 is 2.78. The molecule has 0 aromatic heterocycles. The molecule has 0 saturated heterocycles. The van der Waals surface area contributed by atoms with Gasteiger partial charge in [-0.25, -0.2) is 4.57 Å². The van der Waals surface area contributed by atoms with Gasteiger partial charge < -0.3 is 4.52 Å². The van der Waals surface area contributed by atoms with Gasteiger partial charge in [0, 0.05) is 11.2 Å². The summed E-state index contributed by atoms with van der Waals surface area (Å²) in [5.74, 6) is 1.42. The van der Waals surface area contributed by atoms with Gasteiger partial charge in [-0.1, -0.05) is 6.92 Å². The van der Waals surface area contributed by atoms with E-state index in [1.807, 2.05) is 25.5 Å². The molecule has 0 aliphatic heterocycles. The van der Waals surface area contributed by atoms with E-state index in [0.717, 1.165) is 12.2 Å². The third-order valence-electron chi connectivity index (χ3n) is 1.28. The average molecular weight is 270 g/mol. The molecule has 0 amide bonds. The van der Waals surface area contributed by atoms with Crippen LogP contribution in [0.4, 0.5) is 0 Å². The van der Waals surface area contributed by atoms with E-state index in [1.54, 1.807) is 6.92 Å². The van der Waals surface area contributed by atoms with Crippen LogP contribution < -0.4 is 0 Å². The van der Waals surface area contributed by atoms with Crippen molar-refractivity contribution in [3.05, 3.63) is 11.2 Å². The highest BCUT2D eigenvalue weighted by Crippen LogP contribution is 2.62. The van der Waals surface area contributed by atoms with Crippen LogP contribution in [0.2, 0.25) is 0 Å². The normalized spacial score (nSPS) is 16.1. The summed E-state index contributed by atoms with van der Waals surface area (Å²) in [7, 11) is 0. The van der Waals surface area contributed by atoms with Crippen LogP contribution in [0.5, 0.6) is 0 Å². The van der Waals surface area contributed by atoms with Gasteiger partial charge in [0.05, 0.1) is 6.61 Å². The van der Waals surface area contributed by atoms with Crippen molar-refractivity contribution in [2.75, 3.05) is 18.6 Å². The van der Waals surface area contributed by atoms with Crippen LogP contribution in [0.25, 0.3) is 0 Å². The van der Waals surface area contributed by atoms with Crippen LogP contribution in [0.3, 0.4) is 0 Å². The van der Waals surface area contributed by atoms with E-state index in [1.165, 1.54) is 23.1 Å². The molecule has 0 radical (unpaired) electrons. The number of hydrogen-bond acceptors (Lipinski definition) is 5. The first-order chi connectivity index (χ1) is 7.08. The third kappa shape index (κ3) is 7.34. The van der Waals surface area contributed by atoms with Gasteiger partial charge in [-0.15, -0.1) is 11.8 Å². The second-order valence-electron chi connectivity index (χ2n) is 2.75. The van der Waals surface area contributed by atoms with Crippen molar-refractivity contribution >= 4 is 29.9 Å². The number of allylic oxidation sites excluding steroid dienone is 1. The molecule has 15 heavy (non-hydrogen) atoms. The highest BCUT2D eigenvalue weighted by Gasteiger charge is 2.26. The van der Waals surface area contributed by atoms with Crippen molar-refractivity contribution in [3.8, 4) is 0 Å². The molecule has 0 saturated carbocycles. The maximum atomic E-state index is 12.1. The Morgan fingerprint density at radius 1 is 1.47 bits per heavy atom. The van der Waals surface area contributed by atoms with E-state index in [9.17, 15) is 4.57 Å². The van der Waals surface area contributed by atoms with Crippen LogP contribution in [0.15, 0.2) is 11.2 Å². The summed E-state index contributed by atoms with van der Waals surface area (Å²) in [4.78, 5) is 0. The van der Waals surface area contributed by atoms with Gasteiger partial charge in [-0.2, -0.15) is 0 Å². The second kappa shape index (κ2) is 8.57. The lowest BCUT2D eigenvalue weighted by Crippen LogP contribution is -1.92. The molecular weight excluding hydrogens is 251 g/mol. The van der Waals surface area contributed by atoms with Crippen molar-refractivity contribution in [2.45, 2.75) is 27.2 Å². The van der Waals surface area contributed by atoms with E-state index in [-0.39, 0.29) is 0 Å². The fourth-order valence-electron chi connectivity index (χ4n) is 0.815. The predicted octanol–water partition coefficient (Wildman–Crippen LogP) is 4.52. The molecule has 0 aromatic rings. The molecule has 0 rings (SSSR count). The van der Waals surface area contributed by atoms with Gasteiger partial charge in [-0.3, -0.25) is 4.52 Å². The minimum Gasteiger partial charge on any atom is -0.421 e. The minimum absolute atomic E-state index is 0.403. The van der Waals surface area contributed by atoms with Crippen molar-refractivity contribution < 1.29 is 13.6 Å². The summed E-state index contributed by atoms with van der Waals surface area (Å²) in [6, 6.07) is 0. The topological polar surface area (TPSA) is 35.5 Å². The van der Waals surface area contributed by atoms with Gasteiger partial charge in [0.15, 0.2) is 0 Å². The zero-order valence-electron chi connectivity index (χ0n) is 9.69. The molecule has 0 N–H and O–H groups in total. The van der Waals surface area contributed by atoms with Crippen LogP contribution in [0.1, 0.15) is 27.2 Å². The van der Waals surface area contributed by atoms with Gasteiger partial charge in [-0.05, 0) is 37.9 Å². The summed E-state index contributed by atoms with van der Waals surface area (Å²) in [6.07, 6.45) is 2.88. The largest absolute Gasteiger partial charge is 0.439 e. The first-order valence-corrected chi connectivity index (χ1v) is 9.28. The second-order valence-corrected chi connectivity index (χ2v) is 7.58. The summed E-state index contributed by atoms with van der Waals surface area (Å²) in [5.41, 5.74) is 0. The highest BCUT2D eigenvalue weighted by molar-refractivity contribution is 8.55. The van der Waals surface area contributed by atoms with E-state index in [2.05, 4.69) is 0 Å². The zero-order chi connectivity index (χ0) is 11.7. The number of rotatable bonds is 8. The lowest BCUT2D eigenvalue weighted by Gasteiger charge is -2.17. The molecule has 0 heterocycles. The average Bonchev–Trinajstić information content (AvgIpc) is 2.15. The lowest BCUT2D eigenvalue weighted by atomic mass is 10.6. The Labute approximate surface area is 101 Å². The standard InChI is InChI=1S/C9H19O3PS2/c1-5-7-15-13(10,11-6-2)12-9(3)8-14-4/h8H,5-7H2,1-4H3. The maximum Gasteiger partial charge on any atom is 0.439 e. The van der Waals surface area contributed by atoms with Gasteiger partial charge in [0.2, 0.25) is 0 Å². The quantitative estimate of drug-likeness (QED) is 0.479. The minimum atomic E-state index is -2.99. The molecular formula is C9H19O3PS2. The first-order valence-electron chi connectivity index (χ1n) is 4.86. The Morgan fingerprint density at radius 3 is 2.60 bits per heavy atom. The highest BCUT2D eigenvalue weighted by atomic mass is 32.7. The first kappa shape index (κ1) is 15.4. The summed E-state index contributed by atoms with van der Waals surface area (Å²) in [5, 5.41) is 1.82. The predicted molar refractivity (Wildman–Crippen MR) is 70.3 cm³/mol. The monoisotopic (exact) mass is 270 g/mol. The van der Waals surface area contributed by atoms with Crippen LogP contribution >= 0.6 is 29.9 Å². The van der Waals surface area contributed by atoms with E-state index >= 15 is 0 Å². The van der Waals surface area contributed by atoms with Gasteiger partial charge in [0.25, 0.3) is 0 Å². The fraction of sp³-hybridized carbons (Fsp3) is 0.778. The van der Waals surface area contributed by atoms with E-state index in [0.29, 0.717) is 12.4 Å². The maximum absolute atomic E-state index is 12.1. The Balaban J connectivity index is 4.36. The summed E-state index contributed by atoms with van der Waals surface area (Å²) < 4.78 is 22.7. The van der Waals surface area contributed by atoms with Crippen molar-refractivity contribution in [2.24, 2.45) is 0 Å². The summed E-state index contributed by atoms with van der Waals surface area (Å²) in [6.45, 7) is 3.05. The fourth-order valence-corrected chi connectivity index (χ4v) is 4.84. The van der Waals surface area contributed by atoms with Gasteiger partial charge >= 0.3 is 6.80 Å². The van der Waals surface area contributed by atoms with E-state index < -0.39 is 6.80 Å². The van der Waals surface area contributed by atoms with Crippen LogP contribution in [-0.4, -0.2) is 18.6 Å². The Kier molecular flexibility index (Phi) is 8.81. The SMILES string of the molecule is CCCSP(=O)(OCC)OC(C)=CSC. The Morgan fingerprint density at radius 2 is 2.13 bits per heavy atom. The lowest BCUT2D eigenvalue weighted by molar-refractivity contribution is 0.268. The number of hydrogen-bond donors (Lipinski definition) is 0. The van der Waals surface area contributed by atoms with Gasteiger partial charge in [0.1, 0.15) is 5.76 Å². The molecule has 6 heteroatoms. The van der Waals surface area contributed by atoms with Crippen LogP contribution in [0, 0.1) is 0 Å². The Hall–Kier alpha value is 0.430. The van der Waals surface area contributed by atoms with Crippen molar-refractivity contribution in [3.63, 3.8) is 0 Å². The molecule has 0 aliphatic carbocycles. The molecule has 3 nitrogen and oxygen atoms in total. The molecule has 0 bridgehead atoms. The zero-order valence-corrected chi connectivity index (χ0v) is 12.2. The molecule has 1 unspecified atom stereocenters. The van der Waals surface area contributed by atoms with Crippen LogP contribution in [-0.2, 0) is 13.6 Å². The third-order valence-corrected chi connectivity index (χ3v) is 5.88. The smallest absolute Gasteiger partial charge is 0.421 e.